The van der Waals surface area contributed by atoms with Crippen molar-refractivity contribution in [1.29, 1.82) is 0 Å². The molecule has 2 N–H and O–H groups in total. The number of thiazole rings is 1. The zero-order valence-electron chi connectivity index (χ0n) is 11.6. The first-order chi connectivity index (χ1) is 8.17. The molecule has 0 unspecified atom stereocenters. The van der Waals surface area contributed by atoms with Gasteiger partial charge in [-0.2, -0.15) is 0 Å². The summed E-state index contributed by atoms with van der Waals surface area (Å²) in [5.41, 5.74) is 0. The number of amides is 1. The van der Waals surface area contributed by atoms with Crippen LogP contribution in [0, 0.1) is 0 Å². The van der Waals surface area contributed by atoms with Crippen molar-refractivity contribution in [3.63, 3.8) is 0 Å². The van der Waals surface area contributed by atoms with Crippen LogP contribution in [0.5, 0.6) is 0 Å². The van der Waals surface area contributed by atoms with Gasteiger partial charge in [0.25, 0.3) is 5.91 Å². The van der Waals surface area contributed by atoms with E-state index in [9.17, 15) is 4.79 Å². The summed E-state index contributed by atoms with van der Waals surface area (Å²) in [4.78, 5) is 16.7. The maximum Gasteiger partial charge on any atom is 0.263 e. The average Bonchev–Trinajstić information content (AvgIpc) is 2.75. The van der Waals surface area contributed by atoms with Crippen LogP contribution in [0.25, 0.3) is 0 Å². The molecule has 1 rings (SSSR count). The van der Waals surface area contributed by atoms with Gasteiger partial charge in [-0.05, 0) is 26.3 Å². The number of rotatable bonds is 7. The van der Waals surface area contributed by atoms with Crippen LogP contribution in [0.15, 0.2) is 6.20 Å². The van der Waals surface area contributed by atoms with Gasteiger partial charge in [0.15, 0.2) is 0 Å². The van der Waals surface area contributed by atoms with Gasteiger partial charge in [-0.15, -0.1) is 36.2 Å². The number of nitrogens with zero attached hydrogens (tertiary/aromatic N) is 1. The van der Waals surface area contributed by atoms with Crippen LogP contribution in [0.3, 0.4) is 0 Å². The van der Waals surface area contributed by atoms with Crippen LogP contribution in [-0.4, -0.2) is 30.0 Å². The molecule has 7 heteroatoms. The molecule has 0 saturated carbocycles. The third kappa shape index (κ3) is 7.72. The van der Waals surface area contributed by atoms with Crippen LogP contribution in [0.1, 0.15) is 41.9 Å². The molecule has 0 bridgehead atoms. The van der Waals surface area contributed by atoms with Gasteiger partial charge in [0.05, 0.1) is 11.2 Å². The third-order valence-corrected chi connectivity index (χ3v) is 3.42. The minimum Gasteiger partial charge on any atom is -0.350 e. The van der Waals surface area contributed by atoms with Crippen LogP contribution in [0.2, 0.25) is 0 Å². The number of carbonyl (C=O) groups is 1. The second-order valence-corrected chi connectivity index (χ2v) is 5.15. The molecule has 1 aromatic heterocycles. The lowest BCUT2D eigenvalue weighted by Gasteiger charge is -2.12. The number of hydrogen-bond donors (Lipinski definition) is 2. The second-order valence-electron chi connectivity index (χ2n) is 4.04. The Morgan fingerprint density at radius 2 is 2.11 bits per heavy atom. The molecule has 1 amide bonds. The zero-order valence-corrected chi connectivity index (χ0v) is 14.0. The average molecular weight is 328 g/mol. The van der Waals surface area contributed by atoms with Crippen molar-refractivity contribution in [3.05, 3.63) is 16.1 Å². The van der Waals surface area contributed by atoms with Gasteiger partial charge in [-0.3, -0.25) is 4.79 Å². The highest BCUT2D eigenvalue weighted by molar-refractivity contribution is 7.13. The first-order valence-electron chi connectivity index (χ1n) is 6.13. The summed E-state index contributed by atoms with van der Waals surface area (Å²) in [7, 11) is 0. The monoisotopic (exact) mass is 327 g/mol. The predicted octanol–water partition coefficient (Wildman–Crippen LogP) is 2.67. The molecule has 4 nitrogen and oxygen atoms in total. The Hall–Kier alpha value is -0.360. The lowest BCUT2D eigenvalue weighted by Crippen LogP contribution is -2.38. The van der Waals surface area contributed by atoms with E-state index in [1.165, 1.54) is 11.3 Å². The highest BCUT2D eigenvalue weighted by Gasteiger charge is 2.10. The Kier molecular flexibility index (Phi) is 12.6. The van der Waals surface area contributed by atoms with Crippen molar-refractivity contribution < 1.29 is 4.79 Å². The Balaban J connectivity index is 0. The Bertz CT molecular complexity index is 360. The summed E-state index contributed by atoms with van der Waals surface area (Å²) in [6, 6.07) is 0.298. The second kappa shape index (κ2) is 11.5. The lowest BCUT2D eigenvalue weighted by atomic mass is 10.3. The first kappa shape index (κ1) is 20.9. The maximum absolute atomic E-state index is 11.8. The fourth-order valence-electron chi connectivity index (χ4n) is 1.50. The molecule has 0 spiro atoms. The minimum atomic E-state index is -0.0189. The SMILES string of the molecule is CCCc1ncc(C(=O)NC[C@@H](C)NCC)s1.Cl.Cl. The fraction of sp³-hybridized carbons (Fsp3) is 0.667. The van der Waals surface area contributed by atoms with Gasteiger partial charge < -0.3 is 10.6 Å². The summed E-state index contributed by atoms with van der Waals surface area (Å²) < 4.78 is 0. The van der Waals surface area contributed by atoms with E-state index in [1.54, 1.807) is 6.20 Å². The molecular weight excluding hydrogens is 305 g/mol. The van der Waals surface area contributed by atoms with Crippen molar-refractivity contribution >= 4 is 42.1 Å². The van der Waals surface area contributed by atoms with E-state index in [2.05, 4.69) is 36.4 Å². The van der Waals surface area contributed by atoms with Crippen LogP contribution in [0.4, 0.5) is 0 Å². The first-order valence-corrected chi connectivity index (χ1v) is 6.95. The smallest absolute Gasteiger partial charge is 0.263 e. The summed E-state index contributed by atoms with van der Waals surface area (Å²) in [5, 5.41) is 7.20. The van der Waals surface area contributed by atoms with Crippen LogP contribution < -0.4 is 10.6 Å². The van der Waals surface area contributed by atoms with E-state index >= 15 is 0 Å². The number of aryl methyl sites for hydroxylation is 1. The van der Waals surface area contributed by atoms with Crippen molar-refractivity contribution in [2.75, 3.05) is 13.1 Å². The van der Waals surface area contributed by atoms with Crippen LogP contribution in [-0.2, 0) is 6.42 Å². The highest BCUT2D eigenvalue weighted by atomic mass is 35.5. The lowest BCUT2D eigenvalue weighted by molar-refractivity contribution is 0.0954. The fourth-order valence-corrected chi connectivity index (χ4v) is 2.43. The molecule has 0 saturated heterocycles. The summed E-state index contributed by atoms with van der Waals surface area (Å²) >= 11 is 1.49. The number of hydrogen-bond acceptors (Lipinski definition) is 4. The Labute approximate surface area is 131 Å². The van der Waals surface area contributed by atoms with Gasteiger partial charge >= 0.3 is 0 Å². The van der Waals surface area contributed by atoms with E-state index in [4.69, 9.17) is 0 Å². The van der Waals surface area contributed by atoms with Gasteiger partial charge in [0, 0.05) is 12.6 Å². The number of halogens is 2. The van der Waals surface area contributed by atoms with E-state index in [-0.39, 0.29) is 30.7 Å². The molecule has 1 heterocycles. The van der Waals surface area contributed by atoms with E-state index in [0.717, 1.165) is 24.4 Å². The van der Waals surface area contributed by atoms with Gasteiger partial charge in [-0.1, -0.05) is 13.8 Å². The van der Waals surface area contributed by atoms with Crippen LogP contribution >= 0.6 is 36.2 Å². The molecule has 19 heavy (non-hydrogen) atoms. The molecule has 0 aliphatic rings. The molecule has 0 aromatic carbocycles. The summed E-state index contributed by atoms with van der Waals surface area (Å²) in [5.74, 6) is -0.0189. The van der Waals surface area contributed by atoms with Crippen molar-refractivity contribution in [2.45, 2.75) is 39.7 Å². The van der Waals surface area contributed by atoms with E-state index in [1.807, 2.05) is 0 Å². The molecule has 0 aliphatic carbocycles. The summed E-state index contributed by atoms with van der Waals surface area (Å²) in [6.45, 7) is 7.78. The maximum atomic E-state index is 11.8. The minimum absolute atomic E-state index is 0. The normalized spacial score (nSPS) is 11.1. The largest absolute Gasteiger partial charge is 0.350 e. The molecule has 1 aromatic rings. The standard InChI is InChI=1S/C12H21N3OS.2ClH/c1-4-6-11-14-8-10(17-11)12(16)15-7-9(3)13-5-2;;/h8-9,13H,4-7H2,1-3H3,(H,15,16);2*1H/t9-;;/m1../s1. The highest BCUT2D eigenvalue weighted by Crippen LogP contribution is 2.14. The predicted molar refractivity (Wildman–Crippen MR) is 86.1 cm³/mol. The molecule has 112 valence electrons. The molecular formula is C12H23Cl2N3OS. The zero-order chi connectivity index (χ0) is 12.7. The van der Waals surface area contributed by atoms with Crippen molar-refractivity contribution in [1.82, 2.24) is 15.6 Å². The third-order valence-electron chi connectivity index (χ3n) is 2.36. The topological polar surface area (TPSA) is 54.0 Å². The van der Waals surface area contributed by atoms with Gasteiger partial charge in [-0.25, -0.2) is 4.98 Å². The van der Waals surface area contributed by atoms with Gasteiger partial charge in [0.2, 0.25) is 0 Å². The molecule has 0 radical (unpaired) electrons. The number of aromatic nitrogens is 1. The summed E-state index contributed by atoms with van der Waals surface area (Å²) in [6.07, 6.45) is 3.68. The Morgan fingerprint density at radius 1 is 1.42 bits per heavy atom. The van der Waals surface area contributed by atoms with Crippen molar-refractivity contribution in [2.24, 2.45) is 0 Å². The number of likely N-dealkylation sites (N-methyl/N-ethyl adjacent to an activating group) is 1. The molecule has 1 atom stereocenters. The van der Waals surface area contributed by atoms with Crippen molar-refractivity contribution in [3.8, 4) is 0 Å². The van der Waals surface area contributed by atoms with E-state index < -0.39 is 0 Å². The van der Waals surface area contributed by atoms with E-state index in [0.29, 0.717) is 17.5 Å². The number of carbonyl (C=O) groups excluding carboxylic acids is 1. The Morgan fingerprint density at radius 3 is 2.68 bits per heavy atom. The quantitative estimate of drug-likeness (QED) is 0.809. The molecule has 0 fully saturated rings. The molecule has 0 aliphatic heterocycles. The number of nitrogens with one attached hydrogen (secondary N) is 2. The van der Waals surface area contributed by atoms with Gasteiger partial charge in [0.1, 0.15) is 4.88 Å².